The van der Waals surface area contributed by atoms with Gasteiger partial charge in [0, 0.05) is 38.8 Å². The van der Waals surface area contributed by atoms with Gasteiger partial charge in [-0.15, -0.1) is 0 Å². The first-order valence-corrected chi connectivity index (χ1v) is 8.22. The van der Waals surface area contributed by atoms with Crippen molar-refractivity contribution in [2.75, 3.05) is 43.9 Å². The van der Waals surface area contributed by atoms with E-state index in [1.54, 1.807) is 17.8 Å². The molecule has 0 spiro atoms. The number of piperazine rings is 1. The zero-order chi connectivity index (χ0) is 17.6. The molecule has 1 aliphatic heterocycles. The van der Waals surface area contributed by atoms with E-state index in [4.69, 9.17) is 10.7 Å². The molecule has 1 saturated heterocycles. The molecule has 1 aliphatic rings. The van der Waals surface area contributed by atoms with E-state index in [0.717, 1.165) is 26.2 Å². The third kappa shape index (κ3) is 2.78. The molecular weight excluding hydrogens is 321 g/mol. The number of hydrogen-bond acceptors (Lipinski definition) is 6. The van der Waals surface area contributed by atoms with Crippen LogP contribution >= 0.6 is 0 Å². The van der Waals surface area contributed by atoms with E-state index in [0.29, 0.717) is 34.1 Å². The van der Waals surface area contributed by atoms with E-state index in [-0.39, 0.29) is 5.82 Å². The molecule has 0 saturated carbocycles. The lowest BCUT2D eigenvalue weighted by Gasteiger charge is -2.32. The molecule has 4 rings (SSSR count). The number of benzene rings is 1. The summed E-state index contributed by atoms with van der Waals surface area (Å²) in [6.07, 6.45) is 0. The third-order valence-electron chi connectivity index (χ3n) is 4.61. The fraction of sp³-hybridized carbons (Fsp3) is 0.353. The van der Waals surface area contributed by atoms with Crippen molar-refractivity contribution >= 4 is 22.8 Å². The first-order chi connectivity index (χ1) is 12.0. The van der Waals surface area contributed by atoms with Gasteiger partial charge in [0.15, 0.2) is 5.65 Å². The number of nitrogens with two attached hydrogens (primary N) is 1. The first kappa shape index (κ1) is 15.8. The SMILES string of the molecule is CN1CCN(c2nc(-c3cccc(F)c3)c3c(N)n(C)nc3n2)CC1. The minimum atomic E-state index is -0.312. The Morgan fingerprint density at radius 3 is 2.56 bits per heavy atom. The zero-order valence-electron chi connectivity index (χ0n) is 14.3. The maximum Gasteiger partial charge on any atom is 0.228 e. The van der Waals surface area contributed by atoms with Gasteiger partial charge >= 0.3 is 0 Å². The van der Waals surface area contributed by atoms with Gasteiger partial charge in [-0.25, -0.2) is 9.37 Å². The molecule has 25 heavy (non-hydrogen) atoms. The second-order valence-corrected chi connectivity index (χ2v) is 6.38. The quantitative estimate of drug-likeness (QED) is 0.761. The largest absolute Gasteiger partial charge is 0.383 e. The smallest absolute Gasteiger partial charge is 0.228 e. The van der Waals surface area contributed by atoms with E-state index < -0.39 is 0 Å². The summed E-state index contributed by atoms with van der Waals surface area (Å²) in [5.74, 6) is 0.769. The average molecular weight is 341 g/mol. The van der Waals surface area contributed by atoms with Gasteiger partial charge in [0.2, 0.25) is 5.95 Å². The Bertz CT molecular complexity index is 928. The summed E-state index contributed by atoms with van der Waals surface area (Å²) in [4.78, 5) is 13.7. The lowest BCUT2D eigenvalue weighted by molar-refractivity contribution is 0.311. The van der Waals surface area contributed by atoms with Crippen molar-refractivity contribution in [2.45, 2.75) is 0 Å². The molecule has 0 amide bonds. The highest BCUT2D eigenvalue weighted by molar-refractivity contribution is 5.98. The molecule has 2 N–H and O–H groups in total. The Labute approximate surface area is 144 Å². The van der Waals surface area contributed by atoms with E-state index in [1.165, 1.54) is 12.1 Å². The second-order valence-electron chi connectivity index (χ2n) is 6.38. The molecule has 3 heterocycles. The summed E-state index contributed by atoms with van der Waals surface area (Å²) < 4.78 is 15.3. The molecule has 0 bridgehead atoms. The molecule has 1 fully saturated rings. The van der Waals surface area contributed by atoms with Crippen molar-refractivity contribution in [2.24, 2.45) is 7.05 Å². The molecular formula is C17H20FN7. The highest BCUT2D eigenvalue weighted by Crippen LogP contribution is 2.32. The number of aryl methyl sites for hydroxylation is 1. The highest BCUT2D eigenvalue weighted by Gasteiger charge is 2.22. The Balaban J connectivity index is 1.89. The van der Waals surface area contributed by atoms with Crippen LogP contribution in [0, 0.1) is 5.82 Å². The number of rotatable bonds is 2. The van der Waals surface area contributed by atoms with Gasteiger partial charge in [-0.05, 0) is 19.2 Å². The standard InChI is InChI=1S/C17H20FN7/c1-23-6-8-25(9-7-23)17-20-14(11-4-3-5-12(18)10-11)13-15(19)24(2)22-16(13)21-17/h3-5,10H,6-9,19H2,1-2H3. The molecule has 0 aliphatic carbocycles. The predicted molar refractivity (Wildman–Crippen MR) is 95.8 cm³/mol. The van der Waals surface area contributed by atoms with Gasteiger partial charge in [0.05, 0.1) is 11.1 Å². The summed E-state index contributed by atoms with van der Waals surface area (Å²) in [5, 5.41) is 5.06. The number of anilines is 2. The molecule has 0 unspecified atom stereocenters. The fourth-order valence-electron chi connectivity index (χ4n) is 3.10. The van der Waals surface area contributed by atoms with Gasteiger partial charge in [-0.3, -0.25) is 4.68 Å². The van der Waals surface area contributed by atoms with E-state index in [1.807, 2.05) is 6.07 Å². The summed E-state index contributed by atoms with van der Waals surface area (Å²) in [6, 6.07) is 6.36. The summed E-state index contributed by atoms with van der Waals surface area (Å²) in [7, 11) is 3.86. The van der Waals surface area contributed by atoms with E-state index in [9.17, 15) is 4.39 Å². The van der Waals surface area contributed by atoms with Crippen molar-refractivity contribution in [3.8, 4) is 11.3 Å². The topological polar surface area (TPSA) is 76.1 Å². The lowest BCUT2D eigenvalue weighted by Crippen LogP contribution is -2.45. The Kier molecular flexibility index (Phi) is 3.76. The molecule has 7 nitrogen and oxygen atoms in total. The Hall–Kier alpha value is -2.74. The monoisotopic (exact) mass is 341 g/mol. The van der Waals surface area contributed by atoms with Crippen LogP contribution in [0.5, 0.6) is 0 Å². The van der Waals surface area contributed by atoms with Crippen LogP contribution in [-0.4, -0.2) is 57.9 Å². The second kappa shape index (κ2) is 5.96. The minimum Gasteiger partial charge on any atom is -0.383 e. The van der Waals surface area contributed by atoms with Crippen molar-refractivity contribution < 1.29 is 4.39 Å². The van der Waals surface area contributed by atoms with Crippen molar-refractivity contribution in [1.29, 1.82) is 0 Å². The summed E-state index contributed by atoms with van der Waals surface area (Å²) in [6.45, 7) is 3.57. The lowest BCUT2D eigenvalue weighted by atomic mass is 10.1. The maximum atomic E-state index is 13.7. The number of hydrogen-bond donors (Lipinski definition) is 1. The average Bonchev–Trinajstić information content (AvgIpc) is 2.89. The number of nitrogen functional groups attached to an aromatic ring is 1. The van der Waals surface area contributed by atoms with E-state index in [2.05, 4.69) is 26.9 Å². The van der Waals surface area contributed by atoms with E-state index >= 15 is 0 Å². The Morgan fingerprint density at radius 1 is 1.08 bits per heavy atom. The van der Waals surface area contributed by atoms with Crippen LogP contribution in [0.4, 0.5) is 16.2 Å². The fourth-order valence-corrected chi connectivity index (χ4v) is 3.10. The van der Waals surface area contributed by atoms with Gasteiger partial charge < -0.3 is 15.5 Å². The predicted octanol–water partition coefficient (Wildman–Crippen LogP) is 1.50. The maximum absolute atomic E-state index is 13.7. The number of fused-ring (bicyclic) bond motifs is 1. The summed E-state index contributed by atoms with van der Waals surface area (Å²) in [5.41, 5.74) is 7.98. The van der Waals surface area contributed by atoms with Crippen molar-refractivity contribution in [1.82, 2.24) is 24.6 Å². The number of aromatic nitrogens is 4. The molecule has 0 radical (unpaired) electrons. The molecule has 130 valence electrons. The van der Waals surface area contributed by atoms with Crippen LogP contribution in [0.1, 0.15) is 0 Å². The Morgan fingerprint density at radius 2 is 1.84 bits per heavy atom. The van der Waals surface area contributed by atoms with Gasteiger partial charge in [0.25, 0.3) is 0 Å². The van der Waals surface area contributed by atoms with Crippen LogP contribution in [-0.2, 0) is 7.05 Å². The van der Waals surface area contributed by atoms with Gasteiger partial charge in [0.1, 0.15) is 11.6 Å². The molecule has 2 aromatic heterocycles. The highest BCUT2D eigenvalue weighted by atomic mass is 19.1. The van der Waals surface area contributed by atoms with Crippen LogP contribution in [0.3, 0.4) is 0 Å². The number of halogens is 1. The van der Waals surface area contributed by atoms with Gasteiger partial charge in [-0.1, -0.05) is 12.1 Å². The normalized spacial score (nSPS) is 15.9. The minimum absolute atomic E-state index is 0.312. The summed E-state index contributed by atoms with van der Waals surface area (Å²) >= 11 is 0. The van der Waals surface area contributed by atoms with Crippen LogP contribution in [0.2, 0.25) is 0 Å². The third-order valence-corrected chi connectivity index (χ3v) is 4.61. The number of likely N-dealkylation sites (N-methyl/N-ethyl adjacent to an activating group) is 1. The molecule has 1 aromatic carbocycles. The zero-order valence-corrected chi connectivity index (χ0v) is 14.3. The van der Waals surface area contributed by atoms with Crippen LogP contribution in [0.25, 0.3) is 22.3 Å². The van der Waals surface area contributed by atoms with Crippen LogP contribution in [0.15, 0.2) is 24.3 Å². The van der Waals surface area contributed by atoms with Gasteiger partial charge in [-0.2, -0.15) is 10.1 Å². The van der Waals surface area contributed by atoms with Crippen molar-refractivity contribution in [3.05, 3.63) is 30.1 Å². The van der Waals surface area contributed by atoms with Crippen molar-refractivity contribution in [3.63, 3.8) is 0 Å². The molecule has 8 heteroatoms. The molecule has 3 aromatic rings. The molecule has 0 atom stereocenters. The number of nitrogens with zero attached hydrogens (tertiary/aromatic N) is 6. The first-order valence-electron chi connectivity index (χ1n) is 8.22. The van der Waals surface area contributed by atoms with Crippen LogP contribution < -0.4 is 10.6 Å².